The molecule has 0 saturated carbocycles. The van der Waals surface area contributed by atoms with Crippen LogP contribution in [-0.2, 0) is 6.54 Å². The molecule has 2 rings (SSSR count). The van der Waals surface area contributed by atoms with Crippen LogP contribution in [0, 0.1) is 13.8 Å². The summed E-state index contributed by atoms with van der Waals surface area (Å²) in [6, 6.07) is 4.16. The molecule has 0 spiro atoms. The summed E-state index contributed by atoms with van der Waals surface area (Å²) < 4.78 is 5.22. The lowest BCUT2D eigenvalue weighted by molar-refractivity contribution is 0.391. The SMILES string of the molecule is CN=C(NCc1cccs1)NCC(C)c1c(C)noc1C. The van der Waals surface area contributed by atoms with Crippen molar-refractivity contribution in [2.45, 2.75) is 33.2 Å². The van der Waals surface area contributed by atoms with Crippen LogP contribution >= 0.6 is 11.3 Å². The van der Waals surface area contributed by atoms with Crippen LogP contribution < -0.4 is 10.6 Å². The average molecular weight is 306 g/mol. The summed E-state index contributed by atoms with van der Waals surface area (Å²) in [6.45, 7) is 7.66. The molecular formula is C15H22N4OS. The number of rotatable bonds is 5. The van der Waals surface area contributed by atoms with Gasteiger partial charge in [-0.05, 0) is 25.3 Å². The molecule has 21 heavy (non-hydrogen) atoms. The molecule has 114 valence electrons. The predicted octanol–water partition coefficient (Wildman–Crippen LogP) is 2.82. The fourth-order valence-electron chi connectivity index (χ4n) is 2.35. The summed E-state index contributed by atoms with van der Waals surface area (Å²) in [6.07, 6.45) is 0. The number of nitrogens with one attached hydrogen (secondary N) is 2. The minimum absolute atomic E-state index is 0.316. The van der Waals surface area contributed by atoms with Crippen LogP contribution in [0.1, 0.15) is 34.7 Å². The standard InChI is InChI=1S/C15H22N4OS/c1-10(14-11(2)19-20-12(14)3)8-17-15(16-4)18-9-13-6-5-7-21-13/h5-7,10H,8-9H2,1-4H3,(H2,16,17,18). The van der Waals surface area contributed by atoms with E-state index in [1.165, 1.54) is 10.4 Å². The smallest absolute Gasteiger partial charge is 0.191 e. The molecule has 0 radical (unpaired) electrons. The van der Waals surface area contributed by atoms with Crippen LogP contribution in [-0.4, -0.2) is 24.7 Å². The van der Waals surface area contributed by atoms with Gasteiger partial charge in [-0.1, -0.05) is 18.1 Å². The summed E-state index contributed by atoms with van der Waals surface area (Å²) in [7, 11) is 1.78. The molecule has 0 saturated heterocycles. The minimum atomic E-state index is 0.316. The molecule has 0 fully saturated rings. The lowest BCUT2D eigenvalue weighted by atomic mass is 10.00. The Kier molecular flexibility index (Phi) is 5.38. The van der Waals surface area contributed by atoms with Crippen molar-refractivity contribution in [1.82, 2.24) is 15.8 Å². The Hall–Kier alpha value is -1.82. The van der Waals surface area contributed by atoms with E-state index in [0.29, 0.717) is 5.92 Å². The Morgan fingerprint density at radius 3 is 2.81 bits per heavy atom. The predicted molar refractivity (Wildman–Crippen MR) is 86.9 cm³/mol. The van der Waals surface area contributed by atoms with Gasteiger partial charge in [0, 0.05) is 30.0 Å². The third-order valence-corrected chi connectivity index (χ3v) is 4.27. The molecule has 2 aromatic heterocycles. The molecule has 0 aromatic carbocycles. The first-order chi connectivity index (χ1) is 10.1. The lowest BCUT2D eigenvalue weighted by Gasteiger charge is -2.15. The quantitative estimate of drug-likeness (QED) is 0.658. The highest BCUT2D eigenvalue weighted by molar-refractivity contribution is 7.09. The highest BCUT2D eigenvalue weighted by Gasteiger charge is 2.16. The molecule has 0 aliphatic rings. The van der Waals surface area contributed by atoms with Gasteiger partial charge in [0.15, 0.2) is 5.96 Å². The molecule has 0 bridgehead atoms. The van der Waals surface area contributed by atoms with Crippen molar-refractivity contribution in [3.63, 3.8) is 0 Å². The van der Waals surface area contributed by atoms with E-state index >= 15 is 0 Å². The molecule has 0 aliphatic heterocycles. The molecule has 2 N–H and O–H groups in total. The number of guanidine groups is 1. The van der Waals surface area contributed by atoms with Gasteiger partial charge in [0.2, 0.25) is 0 Å². The lowest BCUT2D eigenvalue weighted by Crippen LogP contribution is -2.38. The van der Waals surface area contributed by atoms with Gasteiger partial charge in [0.1, 0.15) is 5.76 Å². The minimum Gasteiger partial charge on any atom is -0.361 e. The zero-order valence-corrected chi connectivity index (χ0v) is 13.8. The normalized spacial score (nSPS) is 13.2. The first-order valence-corrected chi connectivity index (χ1v) is 7.89. The number of aryl methyl sites for hydroxylation is 2. The number of aromatic nitrogens is 1. The molecule has 5 nitrogen and oxygen atoms in total. The summed E-state index contributed by atoms with van der Waals surface area (Å²) in [5, 5.41) is 12.7. The van der Waals surface area contributed by atoms with Crippen molar-refractivity contribution in [2.75, 3.05) is 13.6 Å². The van der Waals surface area contributed by atoms with E-state index in [1.54, 1.807) is 18.4 Å². The zero-order valence-electron chi connectivity index (χ0n) is 12.9. The topological polar surface area (TPSA) is 62.5 Å². The van der Waals surface area contributed by atoms with Gasteiger partial charge in [-0.3, -0.25) is 4.99 Å². The molecule has 0 aliphatic carbocycles. The van der Waals surface area contributed by atoms with Crippen LogP contribution in [0.3, 0.4) is 0 Å². The van der Waals surface area contributed by atoms with Gasteiger partial charge in [0.25, 0.3) is 0 Å². The molecule has 1 atom stereocenters. The molecule has 0 amide bonds. The van der Waals surface area contributed by atoms with E-state index in [9.17, 15) is 0 Å². The first kappa shape index (κ1) is 15.6. The second kappa shape index (κ2) is 7.26. The monoisotopic (exact) mass is 306 g/mol. The van der Waals surface area contributed by atoms with E-state index in [-0.39, 0.29) is 0 Å². The Balaban J connectivity index is 1.85. The molecule has 6 heteroatoms. The van der Waals surface area contributed by atoms with Crippen LogP contribution in [0.2, 0.25) is 0 Å². The van der Waals surface area contributed by atoms with Gasteiger partial charge < -0.3 is 15.2 Å². The van der Waals surface area contributed by atoms with Crippen molar-refractivity contribution in [3.8, 4) is 0 Å². The summed E-state index contributed by atoms with van der Waals surface area (Å²) >= 11 is 1.74. The van der Waals surface area contributed by atoms with E-state index in [1.807, 2.05) is 13.8 Å². The molecule has 1 unspecified atom stereocenters. The number of hydrogen-bond acceptors (Lipinski definition) is 4. The van der Waals surface area contributed by atoms with Crippen LogP contribution in [0.25, 0.3) is 0 Å². The second-order valence-electron chi connectivity index (χ2n) is 5.02. The van der Waals surface area contributed by atoms with Crippen molar-refractivity contribution in [2.24, 2.45) is 4.99 Å². The van der Waals surface area contributed by atoms with Crippen molar-refractivity contribution >= 4 is 17.3 Å². The van der Waals surface area contributed by atoms with Crippen LogP contribution in [0.5, 0.6) is 0 Å². The first-order valence-electron chi connectivity index (χ1n) is 7.01. The van der Waals surface area contributed by atoms with E-state index in [0.717, 1.165) is 30.5 Å². The molecular weight excluding hydrogens is 284 g/mol. The fraction of sp³-hybridized carbons (Fsp3) is 0.467. The summed E-state index contributed by atoms with van der Waals surface area (Å²) in [5.74, 6) is 2.02. The molecule has 2 heterocycles. The Labute approximate surface area is 129 Å². The highest BCUT2D eigenvalue weighted by Crippen LogP contribution is 2.22. The zero-order chi connectivity index (χ0) is 15.2. The third-order valence-electron chi connectivity index (χ3n) is 3.39. The van der Waals surface area contributed by atoms with Gasteiger partial charge in [0.05, 0.1) is 12.2 Å². The fourth-order valence-corrected chi connectivity index (χ4v) is 2.99. The highest BCUT2D eigenvalue weighted by atomic mass is 32.1. The largest absolute Gasteiger partial charge is 0.361 e. The van der Waals surface area contributed by atoms with Crippen LogP contribution in [0.4, 0.5) is 0 Å². The van der Waals surface area contributed by atoms with Gasteiger partial charge >= 0.3 is 0 Å². The third kappa shape index (κ3) is 4.07. The van der Waals surface area contributed by atoms with Crippen molar-refractivity contribution in [1.29, 1.82) is 0 Å². The second-order valence-corrected chi connectivity index (χ2v) is 6.06. The van der Waals surface area contributed by atoms with Gasteiger partial charge in [-0.15, -0.1) is 11.3 Å². The van der Waals surface area contributed by atoms with E-state index in [4.69, 9.17) is 4.52 Å². The number of thiophene rings is 1. The van der Waals surface area contributed by atoms with Gasteiger partial charge in [-0.25, -0.2) is 0 Å². The molecule has 2 aromatic rings. The van der Waals surface area contributed by atoms with Crippen LogP contribution in [0.15, 0.2) is 27.0 Å². The number of hydrogen-bond donors (Lipinski definition) is 2. The van der Waals surface area contributed by atoms with Crippen molar-refractivity contribution < 1.29 is 4.52 Å². The maximum atomic E-state index is 5.22. The Morgan fingerprint density at radius 2 is 2.24 bits per heavy atom. The maximum Gasteiger partial charge on any atom is 0.191 e. The van der Waals surface area contributed by atoms with E-state index < -0.39 is 0 Å². The Morgan fingerprint density at radius 1 is 1.43 bits per heavy atom. The summed E-state index contributed by atoms with van der Waals surface area (Å²) in [4.78, 5) is 5.53. The number of nitrogens with zero attached hydrogens (tertiary/aromatic N) is 2. The van der Waals surface area contributed by atoms with E-state index in [2.05, 4.69) is 45.2 Å². The van der Waals surface area contributed by atoms with Crippen molar-refractivity contribution in [3.05, 3.63) is 39.4 Å². The maximum absolute atomic E-state index is 5.22. The number of aliphatic imine (C=N–C) groups is 1. The summed E-state index contributed by atoms with van der Waals surface area (Å²) in [5.41, 5.74) is 2.14. The Bertz CT molecular complexity index is 569. The van der Waals surface area contributed by atoms with Gasteiger partial charge in [-0.2, -0.15) is 0 Å². The average Bonchev–Trinajstić information content (AvgIpc) is 3.09.